The zero-order valence-electron chi connectivity index (χ0n) is 15.4. The van der Waals surface area contributed by atoms with Gasteiger partial charge in [-0.1, -0.05) is 12.2 Å². The second kappa shape index (κ2) is 7.66. The Morgan fingerprint density at radius 2 is 1.57 bits per heavy atom. The Bertz CT molecular complexity index is 798. The molecule has 0 heterocycles. The second-order valence-corrected chi connectivity index (χ2v) is 7.81. The number of amides is 2. The van der Waals surface area contributed by atoms with Gasteiger partial charge in [-0.2, -0.15) is 0 Å². The molecule has 2 N–H and O–H groups in total. The third-order valence-corrected chi connectivity index (χ3v) is 6.05. The summed E-state index contributed by atoms with van der Waals surface area (Å²) in [5.74, 6) is -3.34. The van der Waals surface area contributed by atoms with Gasteiger partial charge in [0, 0.05) is 17.5 Å². The Kier molecular flexibility index (Phi) is 5.07. The van der Waals surface area contributed by atoms with Crippen LogP contribution in [0.3, 0.4) is 0 Å². The first-order chi connectivity index (χ1) is 13.5. The Balaban J connectivity index is 1.32. The molecule has 0 radical (unpaired) electrons. The molecule has 2 saturated carbocycles. The zero-order valence-corrected chi connectivity index (χ0v) is 15.4. The summed E-state index contributed by atoms with van der Waals surface area (Å²) >= 11 is 0. The number of rotatable bonds is 5. The third kappa shape index (κ3) is 3.61. The van der Waals surface area contributed by atoms with Gasteiger partial charge in [0.25, 0.3) is 5.91 Å². The van der Waals surface area contributed by atoms with Gasteiger partial charge in [0.1, 0.15) is 5.75 Å². The predicted octanol–water partition coefficient (Wildman–Crippen LogP) is 0.957. The van der Waals surface area contributed by atoms with Crippen molar-refractivity contribution in [1.82, 2.24) is 10.9 Å². The van der Waals surface area contributed by atoms with Gasteiger partial charge in [-0.25, -0.2) is 0 Å². The van der Waals surface area contributed by atoms with Crippen LogP contribution in [0.25, 0.3) is 0 Å². The molecule has 7 heteroatoms. The van der Waals surface area contributed by atoms with Crippen LogP contribution in [0.4, 0.5) is 0 Å². The fourth-order valence-electron chi connectivity index (χ4n) is 4.66. The number of carbonyl (C=O) groups excluding carboxylic acids is 3. The number of hydrogen-bond donors (Lipinski definition) is 2. The maximum atomic E-state index is 12.5. The monoisotopic (exact) mass is 383 g/mol. The lowest BCUT2D eigenvalue weighted by Crippen LogP contribution is -2.50. The third-order valence-electron chi connectivity index (χ3n) is 6.05. The minimum atomic E-state index is -1.22. The van der Waals surface area contributed by atoms with E-state index in [2.05, 4.69) is 10.9 Å². The summed E-state index contributed by atoms with van der Waals surface area (Å²) in [5, 5.41) is 11.4. The lowest BCUT2D eigenvalue weighted by atomic mass is 9.82. The van der Waals surface area contributed by atoms with Crippen molar-refractivity contribution in [3.05, 3.63) is 42.0 Å². The second-order valence-electron chi connectivity index (χ2n) is 7.81. The van der Waals surface area contributed by atoms with Crippen LogP contribution in [0, 0.1) is 23.7 Å². The van der Waals surface area contributed by atoms with Crippen molar-refractivity contribution in [2.24, 2.45) is 23.7 Å². The van der Waals surface area contributed by atoms with Crippen molar-refractivity contribution < 1.29 is 24.2 Å². The van der Waals surface area contributed by atoms with Gasteiger partial charge in [-0.05, 0) is 68.2 Å². The molecular formula is C21H23N2O5-. The summed E-state index contributed by atoms with van der Waals surface area (Å²) in [7, 11) is 0. The SMILES string of the molecule is O=C(NNC(=O)[C@H]1[C@@H](C(=O)[O-])[C@H]2C=C[C@H]1C2)c1ccc(OC2CCCC2)cc1. The van der Waals surface area contributed by atoms with Gasteiger partial charge in [0.05, 0.1) is 12.0 Å². The molecule has 0 aromatic heterocycles. The highest BCUT2D eigenvalue weighted by Crippen LogP contribution is 2.47. The Morgan fingerprint density at radius 3 is 2.21 bits per heavy atom. The molecular weight excluding hydrogens is 360 g/mol. The van der Waals surface area contributed by atoms with Gasteiger partial charge >= 0.3 is 0 Å². The van der Waals surface area contributed by atoms with Gasteiger partial charge in [0.15, 0.2) is 0 Å². The number of ether oxygens (including phenoxy) is 1. The molecule has 0 aliphatic heterocycles. The molecule has 3 aliphatic carbocycles. The molecule has 28 heavy (non-hydrogen) atoms. The largest absolute Gasteiger partial charge is 0.550 e. The first-order valence-corrected chi connectivity index (χ1v) is 9.79. The van der Waals surface area contributed by atoms with E-state index >= 15 is 0 Å². The number of fused-ring (bicyclic) bond motifs is 2. The van der Waals surface area contributed by atoms with Crippen LogP contribution in [-0.2, 0) is 9.59 Å². The molecule has 0 saturated heterocycles. The van der Waals surface area contributed by atoms with Crippen molar-refractivity contribution in [2.45, 2.75) is 38.2 Å². The zero-order chi connectivity index (χ0) is 19.7. The van der Waals surface area contributed by atoms with Gasteiger partial charge in [-0.15, -0.1) is 0 Å². The molecule has 148 valence electrons. The summed E-state index contributed by atoms with van der Waals surface area (Å²) in [6.45, 7) is 0. The normalized spacial score (nSPS) is 28.3. The van der Waals surface area contributed by atoms with E-state index < -0.39 is 29.6 Å². The number of aliphatic carboxylic acids is 1. The molecule has 0 unspecified atom stereocenters. The Morgan fingerprint density at radius 1 is 0.929 bits per heavy atom. The molecule has 4 rings (SSSR count). The van der Waals surface area contributed by atoms with Gasteiger partial charge in [-0.3, -0.25) is 20.4 Å². The molecule has 1 aromatic carbocycles. The van der Waals surface area contributed by atoms with Crippen LogP contribution in [-0.4, -0.2) is 23.9 Å². The van der Waals surface area contributed by atoms with Crippen molar-refractivity contribution in [1.29, 1.82) is 0 Å². The van der Waals surface area contributed by atoms with Gasteiger partial charge in [0.2, 0.25) is 5.91 Å². The molecule has 2 amide bonds. The predicted molar refractivity (Wildman–Crippen MR) is 97.7 cm³/mol. The summed E-state index contributed by atoms with van der Waals surface area (Å²) in [5.41, 5.74) is 5.12. The minimum absolute atomic E-state index is 0.128. The van der Waals surface area contributed by atoms with E-state index in [0.717, 1.165) is 18.6 Å². The molecule has 4 atom stereocenters. The standard InChI is InChI=1S/C21H24N2O5/c24-19(12-7-9-16(10-8-12)28-15-3-1-2-4-15)22-23-20(25)17-13-5-6-14(11-13)18(17)21(26)27/h5-10,13-15,17-18H,1-4,11H2,(H,22,24)(H,23,25)(H,26,27)/p-1/t13-,14-,17+,18-/m0/s1. The van der Waals surface area contributed by atoms with Crippen LogP contribution in [0.2, 0.25) is 0 Å². The van der Waals surface area contributed by atoms with E-state index in [1.165, 1.54) is 12.8 Å². The van der Waals surface area contributed by atoms with Crippen molar-refractivity contribution in [3.8, 4) is 5.75 Å². The number of hydrazine groups is 1. The Labute approximate surface area is 163 Å². The lowest BCUT2D eigenvalue weighted by molar-refractivity contribution is -0.313. The van der Waals surface area contributed by atoms with E-state index in [4.69, 9.17) is 4.74 Å². The first kappa shape index (κ1) is 18.5. The van der Waals surface area contributed by atoms with Gasteiger partial charge < -0.3 is 14.6 Å². The van der Waals surface area contributed by atoms with Crippen molar-refractivity contribution in [2.75, 3.05) is 0 Å². The molecule has 3 aliphatic rings. The average molecular weight is 383 g/mol. The average Bonchev–Trinajstić information content (AvgIpc) is 3.43. The summed E-state index contributed by atoms with van der Waals surface area (Å²) < 4.78 is 5.87. The van der Waals surface area contributed by atoms with Crippen molar-refractivity contribution in [3.63, 3.8) is 0 Å². The number of carboxylic acids is 1. The number of hydrogen-bond acceptors (Lipinski definition) is 5. The Hall–Kier alpha value is -2.83. The summed E-state index contributed by atoms with van der Waals surface area (Å²) in [6.07, 6.45) is 9.06. The van der Waals surface area contributed by atoms with Crippen LogP contribution in [0.1, 0.15) is 42.5 Å². The number of carbonyl (C=O) groups is 3. The maximum Gasteiger partial charge on any atom is 0.269 e. The fourth-order valence-corrected chi connectivity index (χ4v) is 4.66. The highest BCUT2D eigenvalue weighted by Gasteiger charge is 2.48. The maximum absolute atomic E-state index is 12.5. The highest BCUT2D eigenvalue weighted by molar-refractivity contribution is 5.96. The molecule has 2 fully saturated rings. The smallest absolute Gasteiger partial charge is 0.269 e. The van der Waals surface area contributed by atoms with E-state index in [1.54, 1.807) is 24.3 Å². The quantitative estimate of drug-likeness (QED) is 0.582. The highest BCUT2D eigenvalue weighted by atomic mass is 16.5. The number of benzene rings is 1. The lowest BCUT2D eigenvalue weighted by Gasteiger charge is -2.27. The van der Waals surface area contributed by atoms with Crippen LogP contribution in [0.5, 0.6) is 5.75 Å². The van der Waals surface area contributed by atoms with Crippen molar-refractivity contribution >= 4 is 17.8 Å². The molecule has 1 aromatic rings. The number of allylic oxidation sites excluding steroid dienone is 2. The van der Waals surface area contributed by atoms with Crippen LogP contribution in [0.15, 0.2) is 36.4 Å². The van der Waals surface area contributed by atoms with E-state index in [9.17, 15) is 19.5 Å². The van der Waals surface area contributed by atoms with E-state index in [1.807, 2.05) is 12.2 Å². The van der Waals surface area contributed by atoms with E-state index in [0.29, 0.717) is 12.0 Å². The summed E-state index contributed by atoms with van der Waals surface area (Å²) in [6, 6.07) is 6.75. The molecule has 0 spiro atoms. The van der Waals surface area contributed by atoms with Crippen LogP contribution >= 0.6 is 0 Å². The molecule has 2 bridgehead atoms. The number of carboxylic acid groups (broad SMARTS) is 1. The molecule has 7 nitrogen and oxygen atoms in total. The summed E-state index contributed by atoms with van der Waals surface area (Å²) in [4.78, 5) is 36.1. The minimum Gasteiger partial charge on any atom is -0.550 e. The number of nitrogens with one attached hydrogen (secondary N) is 2. The van der Waals surface area contributed by atoms with Crippen LogP contribution < -0.4 is 20.7 Å². The van der Waals surface area contributed by atoms with E-state index in [-0.39, 0.29) is 17.9 Å². The fraction of sp³-hybridized carbons (Fsp3) is 0.476. The topological polar surface area (TPSA) is 108 Å². The first-order valence-electron chi connectivity index (χ1n) is 9.79.